The number of aliphatic hydroxyl groups is 2. The summed E-state index contributed by atoms with van der Waals surface area (Å²) in [4.78, 5) is 2.05. The van der Waals surface area contributed by atoms with Gasteiger partial charge in [-0.1, -0.05) is 0 Å². The van der Waals surface area contributed by atoms with E-state index in [0.29, 0.717) is 0 Å². The first-order chi connectivity index (χ1) is 5.72. The molecule has 0 amide bonds. The smallest absolute Gasteiger partial charge is 0.104 e. The lowest BCUT2D eigenvalue weighted by molar-refractivity contribution is 0.0112. The van der Waals surface area contributed by atoms with Gasteiger partial charge < -0.3 is 15.5 Å². The second-order valence-electron chi connectivity index (χ2n) is 2.73. The molecular weight excluding hydrogens is 156 g/mol. The van der Waals surface area contributed by atoms with Crippen LogP contribution in [0.3, 0.4) is 0 Å². The summed E-state index contributed by atoms with van der Waals surface area (Å²) < 4.78 is 0. The van der Waals surface area contributed by atoms with Crippen molar-refractivity contribution in [3.63, 3.8) is 0 Å². The minimum absolute atomic E-state index is 0.250. The Bertz CT molecular complexity index is 93.1. The SMILES string of the molecule is CC(O)N1CCNCC1.CCO. The highest BCUT2D eigenvalue weighted by Gasteiger charge is 2.12. The molecule has 3 N–H and O–H groups in total. The molecule has 1 aliphatic rings. The van der Waals surface area contributed by atoms with Crippen molar-refractivity contribution >= 4 is 0 Å². The number of rotatable bonds is 1. The summed E-state index contributed by atoms with van der Waals surface area (Å²) in [5, 5.41) is 19.9. The summed E-state index contributed by atoms with van der Waals surface area (Å²) in [6.07, 6.45) is -0.271. The highest BCUT2D eigenvalue weighted by molar-refractivity contribution is 4.67. The van der Waals surface area contributed by atoms with Crippen LogP contribution in [0.4, 0.5) is 0 Å². The molecule has 0 spiro atoms. The highest BCUT2D eigenvalue weighted by atomic mass is 16.3. The third kappa shape index (κ3) is 5.49. The van der Waals surface area contributed by atoms with Crippen LogP contribution in [0.15, 0.2) is 0 Å². The Balaban J connectivity index is 0.000000354. The molecule has 0 saturated carbocycles. The molecule has 1 aliphatic heterocycles. The summed E-state index contributed by atoms with van der Waals surface area (Å²) in [7, 11) is 0. The van der Waals surface area contributed by atoms with E-state index in [0.717, 1.165) is 26.2 Å². The van der Waals surface area contributed by atoms with Crippen molar-refractivity contribution in [3.8, 4) is 0 Å². The lowest BCUT2D eigenvalue weighted by Crippen LogP contribution is -2.47. The van der Waals surface area contributed by atoms with Crippen molar-refractivity contribution < 1.29 is 10.2 Å². The summed E-state index contributed by atoms with van der Waals surface area (Å²) >= 11 is 0. The van der Waals surface area contributed by atoms with Gasteiger partial charge in [0.25, 0.3) is 0 Å². The Morgan fingerprint density at radius 1 is 1.42 bits per heavy atom. The maximum absolute atomic E-state index is 9.08. The van der Waals surface area contributed by atoms with E-state index in [1.165, 1.54) is 0 Å². The molecule has 0 radical (unpaired) electrons. The fraction of sp³-hybridized carbons (Fsp3) is 1.00. The van der Waals surface area contributed by atoms with Gasteiger partial charge in [0, 0.05) is 32.8 Å². The van der Waals surface area contributed by atoms with Crippen LogP contribution < -0.4 is 5.32 Å². The van der Waals surface area contributed by atoms with Crippen LogP contribution in [0, 0.1) is 0 Å². The van der Waals surface area contributed by atoms with Crippen molar-refractivity contribution in [3.05, 3.63) is 0 Å². The van der Waals surface area contributed by atoms with E-state index < -0.39 is 0 Å². The molecule has 0 aromatic heterocycles. The Labute approximate surface area is 74.2 Å². The van der Waals surface area contributed by atoms with E-state index in [9.17, 15) is 0 Å². The molecule has 1 unspecified atom stereocenters. The Morgan fingerprint density at radius 2 is 1.83 bits per heavy atom. The Kier molecular flexibility index (Phi) is 7.39. The number of nitrogens with zero attached hydrogens (tertiary/aromatic N) is 1. The van der Waals surface area contributed by atoms with E-state index in [4.69, 9.17) is 10.2 Å². The molecule has 0 aromatic carbocycles. The highest BCUT2D eigenvalue weighted by Crippen LogP contribution is 1.95. The largest absolute Gasteiger partial charge is 0.397 e. The number of hydrogen-bond donors (Lipinski definition) is 3. The first-order valence-corrected chi connectivity index (χ1v) is 4.46. The fourth-order valence-corrected chi connectivity index (χ4v) is 1.06. The standard InChI is InChI=1S/C6H14N2O.C2H6O/c1-6(9)8-4-2-7-3-5-8;1-2-3/h6-7,9H,2-5H2,1H3;3H,2H2,1H3. The number of nitrogens with one attached hydrogen (secondary N) is 1. The van der Waals surface area contributed by atoms with E-state index in [2.05, 4.69) is 10.2 Å². The van der Waals surface area contributed by atoms with Gasteiger partial charge in [0.15, 0.2) is 0 Å². The van der Waals surface area contributed by atoms with Gasteiger partial charge >= 0.3 is 0 Å². The molecule has 74 valence electrons. The van der Waals surface area contributed by atoms with Crippen LogP contribution >= 0.6 is 0 Å². The average Bonchev–Trinajstić information content (AvgIpc) is 2.07. The quantitative estimate of drug-likeness (QED) is 0.491. The maximum Gasteiger partial charge on any atom is 0.104 e. The number of aliphatic hydroxyl groups excluding tert-OH is 2. The van der Waals surface area contributed by atoms with Gasteiger partial charge in [-0.2, -0.15) is 0 Å². The molecule has 0 bridgehead atoms. The average molecular weight is 176 g/mol. The normalized spacial score (nSPS) is 21.0. The second kappa shape index (κ2) is 7.49. The lowest BCUT2D eigenvalue weighted by Gasteiger charge is -2.29. The van der Waals surface area contributed by atoms with Gasteiger partial charge in [0.1, 0.15) is 6.23 Å². The monoisotopic (exact) mass is 176 g/mol. The van der Waals surface area contributed by atoms with Gasteiger partial charge in [0.2, 0.25) is 0 Å². The topological polar surface area (TPSA) is 55.7 Å². The first kappa shape index (κ1) is 11.8. The van der Waals surface area contributed by atoms with Crippen molar-refractivity contribution in [2.45, 2.75) is 20.1 Å². The summed E-state index contributed by atoms with van der Waals surface area (Å²) in [5.41, 5.74) is 0. The van der Waals surface area contributed by atoms with Crippen molar-refractivity contribution in [2.24, 2.45) is 0 Å². The minimum Gasteiger partial charge on any atom is -0.397 e. The fourth-order valence-electron chi connectivity index (χ4n) is 1.06. The predicted molar refractivity (Wildman–Crippen MR) is 48.9 cm³/mol. The zero-order chi connectivity index (χ0) is 9.40. The molecule has 1 heterocycles. The van der Waals surface area contributed by atoms with Crippen molar-refractivity contribution in [2.75, 3.05) is 32.8 Å². The van der Waals surface area contributed by atoms with Crippen molar-refractivity contribution in [1.82, 2.24) is 10.2 Å². The zero-order valence-corrected chi connectivity index (χ0v) is 7.95. The first-order valence-electron chi connectivity index (χ1n) is 4.46. The van der Waals surface area contributed by atoms with Gasteiger partial charge in [-0.15, -0.1) is 0 Å². The third-order valence-electron chi connectivity index (χ3n) is 1.68. The van der Waals surface area contributed by atoms with Gasteiger partial charge in [0.05, 0.1) is 0 Å². The second-order valence-corrected chi connectivity index (χ2v) is 2.73. The van der Waals surface area contributed by atoms with Crippen LogP contribution in [0.2, 0.25) is 0 Å². The number of piperazine rings is 1. The molecule has 12 heavy (non-hydrogen) atoms. The third-order valence-corrected chi connectivity index (χ3v) is 1.68. The van der Waals surface area contributed by atoms with Gasteiger partial charge in [-0.05, 0) is 13.8 Å². The van der Waals surface area contributed by atoms with Crippen LogP contribution in [-0.2, 0) is 0 Å². The zero-order valence-electron chi connectivity index (χ0n) is 7.95. The molecular formula is C8H20N2O2. The molecule has 1 rings (SSSR count). The van der Waals surface area contributed by atoms with E-state index in [1.807, 2.05) is 6.92 Å². The molecule has 4 nitrogen and oxygen atoms in total. The molecule has 1 atom stereocenters. The molecule has 1 fully saturated rings. The van der Waals surface area contributed by atoms with E-state index in [-0.39, 0.29) is 12.8 Å². The number of hydrogen-bond acceptors (Lipinski definition) is 4. The lowest BCUT2D eigenvalue weighted by atomic mass is 10.3. The summed E-state index contributed by atoms with van der Waals surface area (Å²) in [6.45, 7) is 7.69. The van der Waals surface area contributed by atoms with Crippen LogP contribution in [0.5, 0.6) is 0 Å². The Hall–Kier alpha value is -0.160. The summed E-state index contributed by atoms with van der Waals surface area (Å²) in [5.74, 6) is 0. The maximum atomic E-state index is 9.08. The van der Waals surface area contributed by atoms with Gasteiger partial charge in [-0.3, -0.25) is 4.90 Å². The molecule has 4 heteroatoms. The van der Waals surface area contributed by atoms with Crippen molar-refractivity contribution in [1.29, 1.82) is 0 Å². The summed E-state index contributed by atoms with van der Waals surface area (Å²) in [6, 6.07) is 0. The molecule has 0 aromatic rings. The van der Waals surface area contributed by atoms with Gasteiger partial charge in [-0.25, -0.2) is 0 Å². The van der Waals surface area contributed by atoms with Crippen LogP contribution in [0.1, 0.15) is 13.8 Å². The van der Waals surface area contributed by atoms with E-state index in [1.54, 1.807) is 6.92 Å². The van der Waals surface area contributed by atoms with E-state index >= 15 is 0 Å². The predicted octanol–water partition coefficient (Wildman–Crippen LogP) is -0.771. The van der Waals surface area contributed by atoms with Crippen LogP contribution in [-0.4, -0.2) is 54.1 Å². The Morgan fingerprint density at radius 3 is 2.08 bits per heavy atom. The van der Waals surface area contributed by atoms with Crippen LogP contribution in [0.25, 0.3) is 0 Å². The molecule has 0 aliphatic carbocycles. The molecule has 1 saturated heterocycles. The minimum atomic E-state index is -0.271.